The molecule has 1 atom stereocenters. The maximum atomic E-state index is 13.8. The summed E-state index contributed by atoms with van der Waals surface area (Å²) in [5.74, 6) is 0.108. The van der Waals surface area contributed by atoms with Crippen molar-refractivity contribution in [3.63, 3.8) is 0 Å². The Balaban J connectivity index is 1.60. The average Bonchev–Trinajstić information content (AvgIpc) is 3.51. The number of rotatable bonds is 7. The number of methoxy groups -OCH3 is 1. The van der Waals surface area contributed by atoms with Gasteiger partial charge in [0.25, 0.3) is 5.56 Å². The van der Waals surface area contributed by atoms with E-state index in [9.17, 15) is 19.5 Å². The number of fused-ring (bicyclic) bond motifs is 1. The summed E-state index contributed by atoms with van der Waals surface area (Å²) in [6.07, 6.45) is 1.30. The Morgan fingerprint density at radius 1 is 1.10 bits per heavy atom. The van der Waals surface area contributed by atoms with Crippen molar-refractivity contribution < 1.29 is 28.6 Å². The monoisotopic (exact) mass is 572 g/mol. The van der Waals surface area contributed by atoms with Gasteiger partial charge in [-0.3, -0.25) is 9.36 Å². The van der Waals surface area contributed by atoms with Crippen molar-refractivity contribution in [2.45, 2.75) is 39.8 Å². The second kappa shape index (κ2) is 11.1. The molecule has 0 fully saturated rings. The first-order chi connectivity index (χ1) is 19.6. The summed E-state index contributed by atoms with van der Waals surface area (Å²) in [5, 5.41) is 9.25. The maximum Gasteiger partial charge on any atom is 0.338 e. The summed E-state index contributed by atoms with van der Waals surface area (Å²) < 4.78 is 18.8. The highest BCUT2D eigenvalue weighted by Gasteiger charge is 2.33. The number of aromatic carboxylic acids is 1. The number of furan rings is 1. The topological polar surface area (TPSA) is 120 Å². The number of esters is 1. The van der Waals surface area contributed by atoms with Gasteiger partial charge in [0.2, 0.25) is 0 Å². The quantitative estimate of drug-likeness (QED) is 0.325. The zero-order valence-electron chi connectivity index (χ0n) is 23.1. The highest BCUT2D eigenvalue weighted by atomic mass is 32.1. The minimum Gasteiger partial charge on any atom is -0.497 e. The van der Waals surface area contributed by atoms with Gasteiger partial charge in [-0.1, -0.05) is 29.5 Å². The fraction of sp³-hybridized carbons (Fsp3) is 0.226. The number of carbonyl (C=O) groups is 2. The Morgan fingerprint density at radius 3 is 2.46 bits per heavy atom. The number of allylic oxidation sites excluding steroid dienone is 1. The van der Waals surface area contributed by atoms with Crippen LogP contribution in [0.1, 0.15) is 54.1 Å². The Labute approximate surface area is 239 Å². The summed E-state index contributed by atoms with van der Waals surface area (Å²) in [5.41, 5.74) is 2.85. The van der Waals surface area contributed by atoms with Crippen LogP contribution in [-0.4, -0.2) is 34.8 Å². The van der Waals surface area contributed by atoms with E-state index >= 15 is 0 Å². The van der Waals surface area contributed by atoms with Crippen molar-refractivity contribution in [3.8, 4) is 17.1 Å². The van der Waals surface area contributed by atoms with E-state index < -0.39 is 18.0 Å². The van der Waals surface area contributed by atoms with Crippen LogP contribution in [0.15, 0.2) is 80.1 Å². The fourth-order valence-corrected chi connectivity index (χ4v) is 5.77. The molecular weight excluding hydrogens is 544 g/mol. The Morgan fingerprint density at radius 2 is 1.83 bits per heavy atom. The molecule has 1 aliphatic rings. The number of carboxylic acid groups (broad SMARTS) is 1. The lowest BCUT2D eigenvalue weighted by Crippen LogP contribution is -2.40. The average molecular weight is 573 g/mol. The molecule has 0 bridgehead atoms. The van der Waals surface area contributed by atoms with Crippen LogP contribution in [0.5, 0.6) is 5.75 Å². The molecule has 0 radical (unpaired) electrons. The van der Waals surface area contributed by atoms with Gasteiger partial charge in [-0.15, -0.1) is 0 Å². The van der Waals surface area contributed by atoms with Gasteiger partial charge in [-0.2, -0.15) is 0 Å². The second-order valence-corrected chi connectivity index (χ2v) is 10.9. The standard InChI is InChI=1S/C31H28N2O7S/c1-16(2)39-30(37)26-18(4)32-31-33(27(26)19-6-9-21(38-5)10-7-19)28(34)25(41-31)15-22-11-13-24(40-22)23-12-8-20(29(35)36)14-17(23)3/h6-16,27H,1-5H3,(H,35,36)/b25-15-/t27-/m1/s1. The van der Waals surface area contributed by atoms with Crippen LogP contribution < -0.4 is 19.6 Å². The first-order valence-electron chi connectivity index (χ1n) is 12.9. The van der Waals surface area contributed by atoms with Crippen molar-refractivity contribution >= 4 is 29.4 Å². The Hall–Kier alpha value is -4.70. The molecule has 1 N–H and O–H groups in total. The molecule has 2 aromatic heterocycles. The van der Waals surface area contributed by atoms with Crippen LogP contribution >= 0.6 is 11.3 Å². The molecule has 41 heavy (non-hydrogen) atoms. The predicted octanol–water partition coefficient (Wildman–Crippen LogP) is 4.46. The zero-order chi connectivity index (χ0) is 29.4. The Kier molecular flexibility index (Phi) is 7.51. The van der Waals surface area contributed by atoms with Crippen LogP contribution in [0.4, 0.5) is 0 Å². The largest absolute Gasteiger partial charge is 0.497 e. The van der Waals surface area contributed by atoms with Gasteiger partial charge in [0, 0.05) is 11.6 Å². The Bertz CT molecular complexity index is 1870. The van der Waals surface area contributed by atoms with Gasteiger partial charge in [-0.05, 0) is 75.2 Å². The number of ether oxygens (including phenoxy) is 2. The van der Waals surface area contributed by atoms with E-state index in [2.05, 4.69) is 4.99 Å². The molecule has 3 heterocycles. The van der Waals surface area contributed by atoms with Crippen molar-refractivity contribution in [1.82, 2.24) is 4.57 Å². The molecule has 0 unspecified atom stereocenters. The number of thiazole rings is 1. The van der Waals surface area contributed by atoms with Crippen molar-refractivity contribution in [1.29, 1.82) is 0 Å². The number of nitrogens with zero attached hydrogens (tertiary/aromatic N) is 2. The highest BCUT2D eigenvalue weighted by Crippen LogP contribution is 2.32. The van der Waals surface area contributed by atoms with Crippen LogP contribution in [0.25, 0.3) is 17.4 Å². The highest BCUT2D eigenvalue weighted by molar-refractivity contribution is 7.07. The number of hydrogen-bond donors (Lipinski definition) is 1. The van der Waals surface area contributed by atoms with E-state index in [1.165, 1.54) is 22.0 Å². The molecule has 0 saturated heterocycles. The third-order valence-electron chi connectivity index (χ3n) is 6.65. The summed E-state index contributed by atoms with van der Waals surface area (Å²) in [4.78, 5) is 43.4. The minimum absolute atomic E-state index is 0.192. The van der Waals surface area contributed by atoms with Crippen molar-refractivity contribution in [3.05, 3.63) is 108 Å². The molecular formula is C31H28N2O7S. The molecule has 2 aromatic carbocycles. The third-order valence-corrected chi connectivity index (χ3v) is 7.64. The number of aromatic nitrogens is 1. The summed E-state index contributed by atoms with van der Waals surface area (Å²) >= 11 is 1.20. The van der Waals surface area contributed by atoms with E-state index in [-0.39, 0.29) is 17.2 Å². The van der Waals surface area contributed by atoms with Gasteiger partial charge in [-0.25, -0.2) is 14.6 Å². The van der Waals surface area contributed by atoms with E-state index in [1.807, 2.05) is 19.1 Å². The number of carbonyl (C=O) groups excluding carboxylic acids is 1. The molecule has 1 aliphatic heterocycles. The van der Waals surface area contributed by atoms with Gasteiger partial charge < -0.3 is 19.0 Å². The lowest BCUT2D eigenvalue weighted by atomic mass is 9.96. The molecule has 0 aliphatic carbocycles. The molecule has 0 spiro atoms. The minimum atomic E-state index is -1.00. The first kappa shape index (κ1) is 27.9. The van der Waals surface area contributed by atoms with Crippen LogP contribution in [-0.2, 0) is 9.53 Å². The third kappa shape index (κ3) is 5.38. The molecule has 5 rings (SSSR count). The number of aryl methyl sites for hydroxylation is 1. The SMILES string of the molecule is COc1ccc([C@@H]2C(C(=O)OC(C)C)=C(C)N=c3s/c(=C\c4ccc(-c5ccc(C(=O)O)cc5C)o4)c(=O)n32)cc1. The van der Waals surface area contributed by atoms with Crippen LogP contribution in [0.3, 0.4) is 0 Å². The molecule has 0 amide bonds. The van der Waals surface area contributed by atoms with Crippen molar-refractivity contribution in [2.75, 3.05) is 7.11 Å². The lowest BCUT2D eigenvalue weighted by molar-refractivity contribution is -0.143. The second-order valence-electron chi connectivity index (χ2n) is 9.85. The first-order valence-corrected chi connectivity index (χ1v) is 13.7. The van der Waals surface area contributed by atoms with Crippen LogP contribution in [0, 0.1) is 6.92 Å². The van der Waals surface area contributed by atoms with E-state index in [0.717, 1.165) is 11.1 Å². The molecule has 4 aromatic rings. The van der Waals surface area contributed by atoms with Gasteiger partial charge in [0.15, 0.2) is 4.80 Å². The van der Waals surface area contributed by atoms with E-state index in [4.69, 9.17) is 13.9 Å². The lowest BCUT2D eigenvalue weighted by Gasteiger charge is -2.25. The smallest absolute Gasteiger partial charge is 0.338 e. The number of benzene rings is 2. The number of carboxylic acids is 1. The van der Waals surface area contributed by atoms with E-state index in [1.54, 1.807) is 70.4 Å². The number of hydrogen-bond acceptors (Lipinski definition) is 8. The van der Waals surface area contributed by atoms with Crippen LogP contribution in [0.2, 0.25) is 0 Å². The zero-order valence-corrected chi connectivity index (χ0v) is 23.9. The van der Waals surface area contributed by atoms with Gasteiger partial charge in [0.1, 0.15) is 17.3 Å². The summed E-state index contributed by atoms with van der Waals surface area (Å²) in [6, 6.07) is 14.8. The fourth-order valence-electron chi connectivity index (χ4n) is 4.74. The van der Waals surface area contributed by atoms with Gasteiger partial charge in [0.05, 0.1) is 40.6 Å². The maximum absolute atomic E-state index is 13.8. The summed E-state index contributed by atoms with van der Waals surface area (Å²) in [6.45, 7) is 7.09. The predicted molar refractivity (Wildman–Crippen MR) is 154 cm³/mol. The van der Waals surface area contributed by atoms with E-state index in [0.29, 0.717) is 43.4 Å². The normalized spacial score (nSPS) is 15.1. The van der Waals surface area contributed by atoms with Crippen molar-refractivity contribution in [2.24, 2.45) is 4.99 Å². The molecule has 10 heteroatoms. The molecule has 0 saturated carbocycles. The van der Waals surface area contributed by atoms with Gasteiger partial charge >= 0.3 is 11.9 Å². The molecule has 210 valence electrons. The molecule has 9 nitrogen and oxygen atoms in total. The summed E-state index contributed by atoms with van der Waals surface area (Å²) in [7, 11) is 1.57.